The highest BCUT2D eigenvalue weighted by atomic mass is 127. The molecule has 0 aromatic heterocycles. The summed E-state index contributed by atoms with van der Waals surface area (Å²) in [5, 5.41) is 8.51. The molecule has 0 aliphatic carbocycles. The first-order valence-corrected chi connectivity index (χ1v) is 4.89. The SMILES string of the molecule is N#Cc1ccc(I)c(S)c1C(F)(F)F. The van der Waals surface area contributed by atoms with E-state index in [1.165, 1.54) is 12.1 Å². The van der Waals surface area contributed by atoms with E-state index in [0.29, 0.717) is 3.57 Å². The lowest BCUT2D eigenvalue weighted by atomic mass is 10.1. The number of nitriles is 1. The molecule has 6 heteroatoms. The Hall–Kier alpha value is -0.420. The third-order valence-corrected chi connectivity index (χ3v) is 3.32. The zero-order chi connectivity index (χ0) is 10.9. The van der Waals surface area contributed by atoms with Gasteiger partial charge in [-0.3, -0.25) is 0 Å². The average molecular weight is 329 g/mol. The minimum atomic E-state index is -4.54. The molecule has 0 heterocycles. The van der Waals surface area contributed by atoms with Gasteiger partial charge < -0.3 is 0 Å². The Bertz CT molecular complexity index is 408. The number of hydrogen-bond acceptors (Lipinski definition) is 2. The van der Waals surface area contributed by atoms with Crippen LogP contribution < -0.4 is 0 Å². The lowest BCUT2D eigenvalue weighted by molar-refractivity contribution is -0.140. The summed E-state index contributed by atoms with van der Waals surface area (Å²) in [6.07, 6.45) is -4.54. The molecule has 74 valence electrons. The summed E-state index contributed by atoms with van der Waals surface area (Å²) in [5.74, 6) is 0. The molecule has 1 aromatic rings. The third-order valence-electron chi connectivity index (χ3n) is 1.53. The summed E-state index contributed by atoms with van der Waals surface area (Å²) >= 11 is 5.49. The molecule has 0 spiro atoms. The summed E-state index contributed by atoms with van der Waals surface area (Å²) in [4.78, 5) is -0.197. The lowest BCUT2D eigenvalue weighted by Gasteiger charge is -2.12. The summed E-state index contributed by atoms with van der Waals surface area (Å²) in [7, 11) is 0. The number of halogens is 4. The van der Waals surface area contributed by atoms with Crippen LogP contribution in [0.3, 0.4) is 0 Å². The van der Waals surface area contributed by atoms with Gasteiger partial charge in [-0.2, -0.15) is 18.4 Å². The van der Waals surface area contributed by atoms with Crippen molar-refractivity contribution in [2.45, 2.75) is 11.1 Å². The van der Waals surface area contributed by atoms with E-state index in [2.05, 4.69) is 12.6 Å². The van der Waals surface area contributed by atoms with Gasteiger partial charge >= 0.3 is 6.18 Å². The van der Waals surface area contributed by atoms with Crippen LogP contribution in [-0.2, 0) is 6.18 Å². The molecule has 1 rings (SSSR count). The largest absolute Gasteiger partial charge is 0.418 e. The summed E-state index contributed by atoms with van der Waals surface area (Å²) < 4.78 is 37.8. The Kier molecular flexibility index (Phi) is 3.32. The van der Waals surface area contributed by atoms with E-state index < -0.39 is 17.3 Å². The van der Waals surface area contributed by atoms with E-state index in [4.69, 9.17) is 5.26 Å². The Labute approximate surface area is 97.5 Å². The molecular weight excluding hydrogens is 326 g/mol. The van der Waals surface area contributed by atoms with Crippen LogP contribution >= 0.6 is 35.2 Å². The van der Waals surface area contributed by atoms with E-state index >= 15 is 0 Å². The van der Waals surface area contributed by atoms with Crippen molar-refractivity contribution in [3.8, 4) is 6.07 Å². The molecule has 0 aliphatic heterocycles. The van der Waals surface area contributed by atoms with Crippen LogP contribution in [0.5, 0.6) is 0 Å². The molecule has 0 atom stereocenters. The number of alkyl halides is 3. The van der Waals surface area contributed by atoms with Crippen molar-refractivity contribution < 1.29 is 13.2 Å². The van der Waals surface area contributed by atoms with Gasteiger partial charge in [0, 0.05) is 8.47 Å². The highest BCUT2D eigenvalue weighted by Gasteiger charge is 2.36. The van der Waals surface area contributed by atoms with Crippen molar-refractivity contribution in [2.24, 2.45) is 0 Å². The summed E-state index contributed by atoms with van der Waals surface area (Å²) in [6, 6.07) is 4.07. The first kappa shape index (κ1) is 11.7. The van der Waals surface area contributed by atoms with Crippen LogP contribution in [0.2, 0.25) is 0 Å². The molecule has 0 unspecified atom stereocenters. The molecular formula is C8H3F3INS. The lowest BCUT2D eigenvalue weighted by Crippen LogP contribution is -2.10. The van der Waals surface area contributed by atoms with Crippen LogP contribution in [-0.4, -0.2) is 0 Å². The number of hydrogen-bond donors (Lipinski definition) is 1. The van der Waals surface area contributed by atoms with Gasteiger partial charge in [-0.05, 0) is 34.7 Å². The van der Waals surface area contributed by atoms with Gasteiger partial charge in [0.05, 0.1) is 17.2 Å². The molecule has 14 heavy (non-hydrogen) atoms. The van der Waals surface area contributed by atoms with Crippen molar-refractivity contribution >= 4 is 35.2 Å². The van der Waals surface area contributed by atoms with Crippen LogP contribution in [0.1, 0.15) is 11.1 Å². The fourth-order valence-electron chi connectivity index (χ4n) is 0.946. The van der Waals surface area contributed by atoms with Crippen molar-refractivity contribution in [3.05, 3.63) is 26.8 Å². The zero-order valence-corrected chi connectivity index (χ0v) is 9.61. The highest BCUT2D eigenvalue weighted by molar-refractivity contribution is 14.1. The summed E-state index contributed by atoms with van der Waals surface area (Å²) in [5.41, 5.74) is -1.36. The van der Waals surface area contributed by atoms with Gasteiger partial charge in [0.15, 0.2) is 0 Å². The topological polar surface area (TPSA) is 23.8 Å². The van der Waals surface area contributed by atoms with Gasteiger partial charge in [0.1, 0.15) is 0 Å². The monoisotopic (exact) mass is 329 g/mol. The van der Waals surface area contributed by atoms with Gasteiger partial charge in [0.2, 0.25) is 0 Å². The van der Waals surface area contributed by atoms with E-state index in [0.717, 1.165) is 6.07 Å². The number of thiol groups is 1. The average Bonchev–Trinajstić information content (AvgIpc) is 2.07. The zero-order valence-electron chi connectivity index (χ0n) is 6.56. The summed E-state index contributed by atoms with van der Waals surface area (Å²) in [6.45, 7) is 0. The predicted molar refractivity (Wildman–Crippen MR) is 56.1 cm³/mol. The Morgan fingerprint density at radius 2 is 1.93 bits per heavy atom. The molecule has 0 radical (unpaired) electrons. The maximum atomic E-state index is 12.5. The fourth-order valence-corrected chi connectivity index (χ4v) is 1.72. The predicted octanol–water partition coefficient (Wildman–Crippen LogP) is 3.47. The molecule has 1 nitrogen and oxygen atoms in total. The highest BCUT2D eigenvalue weighted by Crippen LogP contribution is 2.38. The van der Waals surface area contributed by atoms with Crippen LogP contribution in [0.4, 0.5) is 13.2 Å². The normalized spacial score (nSPS) is 11.1. The molecule has 0 saturated carbocycles. The molecule has 0 amide bonds. The second-order valence-corrected chi connectivity index (χ2v) is 4.04. The third kappa shape index (κ3) is 2.15. The Morgan fingerprint density at radius 3 is 2.36 bits per heavy atom. The van der Waals surface area contributed by atoms with E-state index in [-0.39, 0.29) is 4.90 Å². The molecule has 1 aromatic carbocycles. The first-order valence-electron chi connectivity index (χ1n) is 3.36. The van der Waals surface area contributed by atoms with Crippen LogP contribution in [0.15, 0.2) is 17.0 Å². The Balaban J connectivity index is 3.54. The number of nitrogens with zero attached hydrogens (tertiary/aromatic N) is 1. The van der Waals surface area contributed by atoms with E-state index in [9.17, 15) is 13.2 Å². The van der Waals surface area contributed by atoms with E-state index in [1.807, 2.05) is 0 Å². The van der Waals surface area contributed by atoms with Crippen molar-refractivity contribution in [1.29, 1.82) is 5.26 Å². The minimum Gasteiger partial charge on any atom is -0.192 e. The Morgan fingerprint density at radius 1 is 1.36 bits per heavy atom. The van der Waals surface area contributed by atoms with Crippen molar-refractivity contribution in [2.75, 3.05) is 0 Å². The standard InChI is InChI=1S/C8H3F3INS/c9-8(10,11)6-4(3-13)1-2-5(12)7(6)14/h1-2,14H. The van der Waals surface area contributed by atoms with Crippen molar-refractivity contribution in [1.82, 2.24) is 0 Å². The van der Waals surface area contributed by atoms with Gasteiger partial charge in [-0.15, -0.1) is 12.6 Å². The fraction of sp³-hybridized carbons (Fsp3) is 0.125. The number of benzene rings is 1. The minimum absolute atomic E-state index is 0.197. The molecule has 0 N–H and O–H groups in total. The van der Waals surface area contributed by atoms with Crippen LogP contribution in [0, 0.1) is 14.9 Å². The quantitative estimate of drug-likeness (QED) is 0.572. The smallest absolute Gasteiger partial charge is 0.192 e. The molecule has 0 saturated heterocycles. The van der Waals surface area contributed by atoms with Crippen LogP contribution in [0.25, 0.3) is 0 Å². The molecule has 0 bridgehead atoms. The first-order chi connectivity index (χ1) is 6.38. The second kappa shape index (κ2) is 3.98. The van der Waals surface area contributed by atoms with Gasteiger partial charge in [0.25, 0.3) is 0 Å². The maximum absolute atomic E-state index is 12.5. The van der Waals surface area contributed by atoms with Crippen molar-refractivity contribution in [3.63, 3.8) is 0 Å². The molecule has 0 aliphatic rings. The van der Waals surface area contributed by atoms with Gasteiger partial charge in [-0.1, -0.05) is 0 Å². The second-order valence-electron chi connectivity index (χ2n) is 2.43. The van der Waals surface area contributed by atoms with Gasteiger partial charge in [-0.25, -0.2) is 0 Å². The maximum Gasteiger partial charge on any atom is 0.418 e. The number of rotatable bonds is 0. The molecule has 0 fully saturated rings. The van der Waals surface area contributed by atoms with E-state index in [1.54, 1.807) is 22.6 Å².